The van der Waals surface area contributed by atoms with Crippen molar-refractivity contribution in [1.82, 2.24) is 5.32 Å². The molecule has 0 aliphatic rings. The van der Waals surface area contributed by atoms with Gasteiger partial charge in [-0.3, -0.25) is 10.1 Å². The van der Waals surface area contributed by atoms with E-state index in [1.807, 2.05) is 48.5 Å². The zero-order valence-corrected chi connectivity index (χ0v) is 15.3. The van der Waals surface area contributed by atoms with Crippen molar-refractivity contribution < 1.29 is 9.18 Å². The molecule has 0 fully saturated rings. The highest BCUT2D eigenvalue weighted by molar-refractivity contribution is 5.92. The van der Waals surface area contributed by atoms with Crippen LogP contribution in [0.3, 0.4) is 0 Å². The first-order chi connectivity index (χ1) is 13.2. The standard InChI is InChI=1S/C23H23FN2O/c1-2-17-11-13-18(14-12-17)23(19-7-6-8-20(24)15-19)25-16-22(27)26-21-9-4-3-5-10-21/h3-15,23,25H,2,16H2,1H3,(H,26,27)/t23-/m1/s1. The van der Waals surface area contributed by atoms with E-state index in [0.717, 1.165) is 23.2 Å². The fourth-order valence-corrected chi connectivity index (χ4v) is 2.98. The summed E-state index contributed by atoms with van der Waals surface area (Å²) in [5, 5.41) is 6.11. The maximum Gasteiger partial charge on any atom is 0.238 e. The van der Waals surface area contributed by atoms with Crippen LogP contribution < -0.4 is 10.6 Å². The summed E-state index contributed by atoms with van der Waals surface area (Å²) < 4.78 is 13.7. The van der Waals surface area contributed by atoms with Crippen LogP contribution in [0.1, 0.15) is 29.7 Å². The zero-order chi connectivity index (χ0) is 19.1. The minimum absolute atomic E-state index is 0.117. The van der Waals surface area contributed by atoms with Crippen LogP contribution in [0.25, 0.3) is 0 Å². The Hall–Kier alpha value is -2.98. The Bertz CT molecular complexity index is 878. The Kier molecular flexibility index (Phi) is 6.34. The van der Waals surface area contributed by atoms with Crippen LogP contribution in [-0.4, -0.2) is 12.5 Å². The fourth-order valence-electron chi connectivity index (χ4n) is 2.98. The third kappa shape index (κ3) is 5.25. The maximum absolute atomic E-state index is 13.7. The van der Waals surface area contributed by atoms with Crippen molar-refractivity contribution >= 4 is 11.6 Å². The first kappa shape index (κ1) is 18.8. The Morgan fingerprint density at radius 2 is 1.67 bits per heavy atom. The van der Waals surface area contributed by atoms with Crippen LogP contribution in [0.4, 0.5) is 10.1 Å². The molecule has 0 saturated carbocycles. The molecular weight excluding hydrogens is 339 g/mol. The van der Waals surface area contributed by atoms with E-state index in [2.05, 4.69) is 29.7 Å². The summed E-state index contributed by atoms with van der Waals surface area (Å²) >= 11 is 0. The normalized spacial score (nSPS) is 11.8. The molecule has 3 aromatic rings. The SMILES string of the molecule is CCc1ccc([C@@H](NCC(=O)Nc2ccccc2)c2cccc(F)c2)cc1. The molecular formula is C23H23FN2O. The van der Waals surface area contributed by atoms with Gasteiger partial charge in [0.25, 0.3) is 0 Å². The molecule has 0 radical (unpaired) electrons. The molecule has 0 unspecified atom stereocenters. The highest BCUT2D eigenvalue weighted by Crippen LogP contribution is 2.23. The van der Waals surface area contributed by atoms with Gasteiger partial charge >= 0.3 is 0 Å². The van der Waals surface area contributed by atoms with E-state index in [-0.39, 0.29) is 24.3 Å². The molecule has 3 nitrogen and oxygen atoms in total. The molecule has 138 valence electrons. The highest BCUT2D eigenvalue weighted by Gasteiger charge is 2.16. The van der Waals surface area contributed by atoms with Gasteiger partial charge in [0.1, 0.15) is 5.82 Å². The summed E-state index contributed by atoms with van der Waals surface area (Å²) in [7, 11) is 0. The number of hydrogen-bond acceptors (Lipinski definition) is 2. The quantitative estimate of drug-likeness (QED) is 0.639. The van der Waals surface area contributed by atoms with Gasteiger partial charge in [-0.15, -0.1) is 0 Å². The average molecular weight is 362 g/mol. The topological polar surface area (TPSA) is 41.1 Å². The summed E-state index contributed by atoms with van der Waals surface area (Å²) in [5.74, 6) is -0.439. The van der Waals surface area contributed by atoms with Gasteiger partial charge in [-0.2, -0.15) is 0 Å². The van der Waals surface area contributed by atoms with E-state index in [4.69, 9.17) is 0 Å². The lowest BCUT2D eigenvalue weighted by Gasteiger charge is -2.20. The van der Waals surface area contributed by atoms with Gasteiger partial charge in [-0.05, 0) is 47.4 Å². The predicted molar refractivity (Wildman–Crippen MR) is 107 cm³/mol. The van der Waals surface area contributed by atoms with Crippen LogP contribution in [0.5, 0.6) is 0 Å². The first-order valence-corrected chi connectivity index (χ1v) is 9.08. The summed E-state index contributed by atoms with van der Waals surface area (Å²) in [4.78, 5) is 12.3. The minimum atomic E-state index is -0.293. The molecule has 3 rings (SSSR count). The minimum Gasteiger partial charge on any atom is -0.325 e. The summed E-state index contributed by atoms with van der Waals surface area (Å²) in [6.07, 6.45) is 0.956. The van der Waals surface area contributed by atoms with Gasteiger partial charge in [0, 0.05) is 5.69 Å². The number of aryl methyl sites for hydroxylation is 1. The second kappa shape index (κ2) is 9.10. The van der Waals surface area contributed by atoms with Gasteiger partial charge in [-0.1, -0.05) is 61.5 Å². The van der Waals surface area contributed by atoms with Crippen molar-refractivity contribution in [2.45, 2.75) is 19.4 Å². The average Bonchev–Trinajstić information content (AvgIpc) is 2.69. The van der Waals surface area contributed by atoms with Crippen LogP contribution in [-0.2, 0) is 11.2 Å². The van der Waals surface area contributed by atoms with Crippen molar-refractivity contribution in [3.8, 4) is 0 Å². The van der Waals surface area contributed by atoms with E-state index < -0.39 is 0 Å². The van der Waals surface area contributed by atoms with Gasteiger partial charge in [0.05, 0.1) is 12.6 Å². The number of hydrogen-bond donors (Lipinski definition) is 2. The molecule has 0 aromatic heterocycles. The lowest BCUT2D eigenvalue weighted by Crippen LogP contribution is -2.32. The number of anilines is 1. The predicted octanol–water partition coefficient (Wildman–Crippen LogP) is 4.71. The highest BCUT2D eigenvalue weighted by atomic mass is 19.1. The molecule has 1 atom stereocenters. The number of carbonyl (C=O) groups is 1. The van der Waals surface area contributed by atoms with E-state index in [1.165, 1.54) is 17.7 Å². The molecule has 0 spiro atoms. The van der Waals surface area contributed by atoms with Crippen molar-refractivity contribution in [2.24, 2.45) is 0 Å². The zero-order valence-electron chi connectivity index (χ0n) is 15.3. The number of amides is 1. The smallest absolute Gasteiger partial charge is 0.238 e. The summed E-state index contributed by atoms with van der Waals surface area (Å²) in [6.45, 7) is 2.22. The number of benzene rings is 3. The van der Waals surface area contributed by atoms with Crippen LogP contribution in [0, 0.1) is 5.82 Å². The van der Waals surface area contributed by atoms with Gasteiger partial charge < -0.3 is 5.32 Å². The Labute approximate surface area is 159 Å². The fraction of sp³-hybridized carbons (Fsp3) is 0.174. The molecule has 0 bridgehead atoms. The van der Waals surface area contributed by atoms with E-state index >= 15 is 0 Å². The Balaban J connectivity index is 1.76. The molecule has 27 heavy (non-hydrogen) atoms. The van der Waals surface area contributed by atoms with Gasteiger partial charge in [-0.25, -0.2) is 4.39 Å². The molecule has 0 saturated heterocycles. The van der Waals surface area contributed by atoms with E-state index in [1.54, 1.807) is 6.07 Å². The van der Waals surface area contributed by atoms with Crippen LogP contribution in [0.15, 0.2) is 78.9 Å². The third-order valence-electron chi connectivity index (χ3n) is 4.43. The Morgan fingerprint density at radius 1 is 0.926 bits per heavy atom. The number of carbonyl (C=O) groups excluding carboxylic acids is 1. The molecule has 0 heterocycles. The lowest BCUT2D eigenvalue weighted by molar-refractivity contribution is -0.115. The number of nitrogens with one attached hydrogen (secondary N) is 2. The van der Waals surface area contributed by atoms with Crippen molar-refractivity contribution in [3.05, 3.63) is 101 Å². The summed E-state index contributed by atoms with van der Waals surface area (Å²) in [6, 6.07) is 23.7. The lowest BCUT2D eigenvalue weighted by atomic mass is 9.97. The third-order valence-corrected chi connectivity index (χ3v) is 4.43. The van der Waals surface area contributed by atoms with Crippen molar-refractivity contribution in [1.29, 1.82) is 0 Å². The number of rotatable bonds is 7. The second-order valence-electron chi connectivity index (χ2n) is 6.38. The van der Waals surface area contributed by atoms with Gasteiger partial charge in [0.15, 0.2) is 0 Å². The number of halogens is 1. The number of para-hydroxylation sites is 1. The molecule has 1 amide bonds. The van der Waals surface area contributed by atoms with Gasteiger partial charge in [0.2, 0.25) is 5.91 Å². The van der Waals surface area contributed by atoms with Crippen molar-refractivity contribution in [2.75, 3.05) is 11.9 Å². The molecule has 3 aromatic carbocycles. The maximum atomic E-state index is 13.7. The molecule has 0 aliphatic heterocycles. The van der Waals surface area contributed by atoms with E-state index in [9.17, 15) is 9.18 Å². The molecule has 0 aliphatic carbocycles. The van der Waals surface area contributed by atoms with Crippen molar-refractivity contribution in [3.63, 3.8) is 0 Å². The summed E-state index contributed by atoms with van der Waals surface area (Å²) in [5.41, 5.74) is 3.76. The monoisotopic (exact) mass is 362 g/mol. The molecule has 4 heteroatoms. The first-order valence-electron chi connectivity index (χ1n) is 9.08. The Morgan fingerprint density at radius 3 is 2.33 bits per heavy atom. The second-order valence-corrected chi connectivity index (χ2v) is 6.38. The van der Waals surface area contributed by atoms with Crippen LogP contribution >= 0.6 is 0 Å². The van der Waals surface area contributed by atoms with Crippen LogP contribution in [0.2, 0.25) is 0 Å². The molecule has 2 N–H and O–H groups in total. The van der Waals surface area contributed by atoms with E-state index in [0.29, 0.717) is 0 Å². The largest absolute Gasteiger partial charge is 0.325 e.